The number of carbonyl (C=O) groups excluding carboxylic acids is 1. The van der Waals surface area contributed by atoms with Gasteiger partial charge >= 0.3 is 0 Å². The molecule has 0 aliphatic heterocycles. The summed E-state index contributed by atoms with van der Waals surface area (Å²) >= 11 is 0. The van der Waals surface area contributed by atoms with E-state index >= 15 is 0 Å². The molecule has 0 amide bonds. The van der Waals surface area contributed by atoms with Crippen molar-refractivity contribution in [3.05, 3.63) is 0 Å². The van der Waals surface area contributed by atoms with Gasteiger partial charge in [-0.15, -0.1) is 0 Å². The molecular formula is C8H16O8. The van der Waals surface area contributed by atoms with E-state index in [-0.39, 0.29) is 0 Å². The Morgan fingerprint density at radius 3 is 1.62 bits per heavy atom. The van der Waals surface area contributed by atoms with Crippen LogP contribution in [0.5, 0.6) is 0 Å². The van der Waals surface area contributed by atoms with Crippen LogP contribution >= 0.6 is 0 Å². The van der Waals surface area contributed by atoms with Crippen LogP contribution in [0.1, 0.15) is 0 Å². The van der Waals surface area contributed by atoms with Crippen LogP contribution in [0.25, 0.3) is 0 Å². The number of ketones is 1. The molecular weight excluding hydrogens is 224 g/mol. The Kier molecular flexibility index (Phi) is 6.60. The largest absolute Gasteiger partial charge is 0.394 e. The fourth-order valence-electron chi connectivity index (χ4n) is 0.951. The molecule has 0 aromatic carbocycles. The molecule has 0 saturated heterocycles. The summed E-state index contributed by atoms with van der Waals surface area (Å²) in [5.41, 5.74) is 0. The third-order valence-corrected chi connectivity index (χ3v) is 2.04. The summed E-state index contributed by atoms with van der Waals surface area (Å²) in [7, 11) is 0. The lowest BCUT2D eigenvalue weighted by atomic mass is 9.98. The van der Waals surface area contributed by atoms with Crippen molar-refractivity contribution in [2.24, 2.45) is 0 Å². The Balaban J connectivity index is 4.48. The van der Waals surface area contributed by atoms with Crippen LogP contribution in [0.15, 0.2) is 0 Å². The van der Waals surface area contributed by atoms with E-state index in [9.17, 15) is 9.90 Å². The number of Topliss-reactive ketones (excluding diaryl/α,β-unsaturated/α-hetero) is 1. The molecule has 0 rings (SSSR count). The molecule has 0 bridgehead atoms. The van der Waals surface area contributed by atoms with Crippen LogP contribution in [0.4, 0.5) is 0 Å². The molecule has 0 aliphatic carbocycles. The first-order valence-electron chi connectivity index (χ1n) is 4.52. The molecule has 0 aliphatic rings. The van der Waals surface area contributed by atoms with Gasteiger partial charge in [-0.25, -0.2) is 0 Å². The highest BCUT2D eigenvalue weighted by Gasteiger charge is 2.36. The third kappa shape index (κ3) is 3.76. The maximum absolute atomic E-state index is 11.2. The van der Waals surface area contributed by atoms with Crippen molar-refractivity contribution in [1.82, 2.24) is 0 Å². The van der Waals surface area contributed by atoms with Gasteiger partial charge in [-0.2, -0.15) is 0 Å². The maximum atomic E-state index is 11.2. The van der Waals surface area contributed by atoms with Crippen molar-refractivity contribution in [3.63, 3.8) is 0 Å². The van der Waals surface area contributed by atoms with Crippen LogP contribution in [0.2, 0.25) is 0 Å². The Morgan fingerprint density at radius 2 is 1.25 bits per heavy atom. The molecule has 16 heavy (non-hydrogen) atoms. The van der Waals surface area contributed by atoms with Crippen molar-refractivity contribution >= 4 is 5.78 Å². The van der Waals surface area contributed by atoms with E-state index in [4.69, 9.17) is 30.6 Å². The van der Waals surface area contributed by atoms with Gasteiger partial charge in [-0.1, -0.05) is 0 Å². The second kappa shape index (κ2) is 6.86. The molecule has 5 atom stereocenters. The average molecular weight is 240 g/mol. The average Bonchev–Trinajstić information content (AvgIpc) is 2.32. The quantitative estimate of drug-likeness (QED) is 0.234. The van der Waals surface area contributed by atoms with Crippen molar-refractivity contribution < 1.29 is 40.5 Å². The van der Waals surface area contributed by atoms with Gasteiger partial charge in [-0.05, 0) is 0 Å². The van der Waals surface area contributed by atoms with Crippen LogP contribution in [0, 0.1) is 0 Å². The third-order valence-electron chi connectivity index (χ3n) is 2.04. The number of rotatable bonds is 7. The lowest BCUT2D eigenvalue weighted by Gasteiger charge is -2.23. The summed E-state index contributed by atoms with van der Waals surface area (Å²) in [6.07, 6.45) is -9.78. The topological polar surface area (TPSA) is 159 Å². The normalized spacial score (nSPS) is 20.9. The lowest BCUT2D eigenvalue weighted by molar-refractivity contribution is -0.155. The van der Waals surface area contributed by atoms with E-state index in [1.54, 1.807) is 0 Å². The van der Waals surface area contributed by atoms with Crippen LogP contribution in [-0.2, 0) is 4.79 Å². The molecule has 0 spiro atoms. The monoisotopic (exact) mass is 240 g/mol. The minimum atomic E-state index is -2.17. The summed E-state index contributed by atoms with van der Waals surface area (Å²) in [6.45, 7) is -1.79. The molecule has 0 unspecified atom stereocenters. The zero-order valence-corrected chi connectivity index (χ0v) is 8.34. The predicted octanol–water partition coefficient (Wildman–Crippen LogP) is -4.66. The summed E-state index contributed by atoms with van der Waals surface area (Å²) in [6, 6.07) is 0. The lowest BCUT2D eigenvalue weighted by Crippen LogP contribution is -2.50. The molecule has 0 aromatic heterocycles. The molecule has 0 saturated carbocycles. The fraction of sp³-hybridized carbons (Fsp3) is 0.875. The second-order valence-electron chi connectivity index (χ2n) is 3.28. The van der Waals surface area contributed by atoms with Crippen molar-refractivity contribution in [3.8, 4) is 0 Å². The second-order valence-corrected chi connectivity index (χ2v) is 3.28. The van der Waals surface area contributed by atoms with Crippen LogP contribution in [-0.4, -0.2) is 85.3 Å². The highest BCUT2D eigenvalue weighted by atomic mass is 16.4. The molecule has 8 heteroatoms. The smallest absolute Gasteiger partial charge is 0.195 e. The van der Waals surface area contributed by atoms with E-state index in [0.717, 1.165) is 0 Å². The molecule has 0 fully saturated rings. The minimum Gasteiger partial charge on any atom is -0.394 e. The molecule has 96 valence electrons. The molecule has 8 nitrogen and oxygen atoms in total. The standard InChI is InChI=1S/C8H16O8/c9-1-3(11)5(13)7(15)8(16)6(14)4(12)2-10/h3-7,9-15H,1-2H2/t3-,4-,5-,6-,7+/m1/s1. The number of carbonyl (C=O) groups is 1. The van der Waals surface area contributed by atoms with Gasteiger partial charge in [0.05, 0.1) is 13.2 Å². The first-order chi connectivity index (χ1) is 7.36. The van der Waals surface area contributed by atoms with Crippen LogP contribution < -0.4 is 0 Å². The Labute approximate surface area is 91.0 Å². The van der Waals surface area contributed by atoms with Gasteiger partial charge in [0.2, 0.25) is 0 Å². The number of hydrogen-bond donors (Lipinski definition) is 7. The Bertz CT molecular complexity index is 220. The molecule has 7 N–H and O–H groups in total. The molecule has 0 heterocycles. The van der Waals surface area contributed by atoms with E-state index in [0.29, 0.717) is 0 Å². The van der Waals surface area contributed by atoms with Crippen molar-refractivity contribution in [2.75, 3.05) is 13.2 Å². The SMILES string of the molecule is O=C([C@@H](O)[C@H](O)[C@H](O)CO)[C@H](O)[C@H](O)CO. The zero-order chi connectivity index (χ0) is 12.9. The number of hydrogen-bond acceptors (Lipinski definition) is 8. The predicted molar refractivity (Wildman–Crippen MR) is 49.2 cm³/mol. The Hall–Kier alpha value is -0.610. The fourth-order valence-corrected chi connectivity index (χ4v) is 0.951. The van der Waals surface area contributed by atoms with E-state index in [1.807, 2.05) is 0 Å². The van der Waals surface area contributed by atoms with Gasteiger partial charge < -0.3 is 35.7 Å². The maximum Gasteiger partial charge on any atom is 0.195 e. The van der Waals surface area contributed by atoms with Gasteiger partial charge in [0, 0.05) is 0 Å². The van der Waals surface area contributed by atoms with Crippen molar-refractivity contribution in [2.45, 2.75) is 30.5 Å². The minimum absolute atomic E-state index is 0.885. The van der Waals surface area contributed by atoms with Crippen LogP contribution in [0.3, 0.4) is 0 Å². The molecule has 0 radical (unpaired) electrons. The van der Waals surface area contributed by atoms with Gasteiger partial charge in [-0.3, -0.25) is 4.79 Å². The first kappa shape index (κ1) is 15.4. The van der Waals surface area contributed by atoms with E-state index in [2.05, 4.69) is 0 Å². The van der Waals surface area contributed by atoms with Gasteiger partial charge in [0.1, 0.15) is 30.5 Å². The van der Waals surface area contributed by atoms with E-state index in [1.165, 1.54) is 0 Å². The summed E-state index contributed by atoms with van der Waals surface area (Å²) in [5.74, 6) is -1.36. The summed E-state index contributed by atoms with van der Waals surface area (Å²) in [4.78, 5) is 11.2. The number of aliphatic hydroxyl groups excluding tert-OH is 7. The van der Waals surface area contributed by atoms with Gasteiger partial charge in [0.15, 0.2) is 5.78 Å². The zero-order valence-electron chi connectivity index (χ0n) is 8.34. The first-order valence-corrected chi connectivity index (χ1v) is 4.52. The highest BCUT2D eigenvalue weighted by molar-refractivity contribution is 5.88. The highest BCUT2D eigenvalue weighted by Crippen LogP contribution is 2.06. The van der Waals surface area contributed by atoms with Gasteiger partial charge in [0.25, 0.3) is 0 Å². The van der Waals surface area contributed by atoms with E-state index < -0.39 is 49.5 Å². The molecule has 0 aromatic rings. The Morgan fingerprint density at radius 1 is 0.812 bits per heavy atom. The summed E-state index contributed by atoms with van der Waals surface area (Å²) in [5, 5.41) is 62.1. The van der Waals surface area contributed by atoms with Crippen molar-refractivity contribution in [1.29, 1.82) is 0 Å². The number of aliphatic hydroxyl groups is 7. The summed E-state index contributed by atoms with van der Waals surface area (Å²) < 4.78 is 0.